The van der Waals surface area contributed by atoms with Gasteiger partial charge in [0.15, 0.2) is 0 Å². The molecule has 5 rings (SSSR count). The van der Waals surface area contributed by atoms with Gasteiger partial charge in [0.2, 0.25) is 0 Å². The molecule has 1 fully saturated rings. The molecule has 1 aromatic heterocycles. The zero-order valence-electron chi connectivity index (χ0n) is 19.9. The lowest BCUT2D eigenvalue weighted by Gasteiger charge is -2.51. The highest BCUT2D eigenvalue weighted by molar-refractivity contribution is 6.04. The molecule has 0 aliphatic carbocycles. The van der Waals surface area contributed by atoms with Crippen LogP contribution in [0.1, 0.15) is 46.6 Å². The van der Waals surface area contributed by atoms with Crippen molar-refractivity contribution in [2.24, 2.45) is 0 Å². The number of ether oxygens (including phenoxy) is 1. The molecule has 188 valence electrons. The second-order valence-electron chi connectivity index (χ2n) is 9.61. The fourth-order valence-corrected chi connectivity index (χ4v) is 5.07. The average molecular weight is 498 g/mol. The van der Waals surface area contributed by atoms with Gasteiger partial charge < -0.3 is 20.1 Å². The largest absolute Gasteiger partial charge is 0.433 e. The number of aromatic nitrogens is 1. The van der Waals surface area contributed by atoms with Crippen molar-refractivity contribution in [3.63, 3.8) is 0 Å². The molecular weight excluding hydrogens is 471 g/mol. The Hall–Kier alpha value is -3.43. The maximum Gasteiger partial charge on any atom is 0.433 e. The summed E-state index contributed by atoms with van der Waals surface area (Å²) in [4.78, 5) is 18.3. The number of alkyl halides is 3. The van der Waals surface area contributed by atoms with Crippen molar-refractivity contribution in [1.29, 1.82) is 0 Å². The SMILES string of the molecule is Cc1ccc(NC(=O)c2ccnc(C(F)(F)F)c2)cc1-c1ccc2c(c1)N1CCOC[C@]1(C)C[C@H]2O. The van der Waals surface area contributed by atoms with E-state index in [1.54, 1.807) is 12.1 Å². The minimum atomic E-state index is -4.64. The van der Waals surface area contributed by atoms with Crippen molar-refractivity contribution in [3.8, 4) is 11.1 Å². The Morgan fingerprint density at radius 3 is 2.78 bits per heavy atom. The van der Waals surface area contributed by atoms with Crippen LogP contribution >= 0.6 is 0 Å². The number of aryl methyl sites for hydroxylation is 1. The fraction of sp³-hybridized carbons (Fsp3) is 0.333. The van der Waals surface area contributed by atoms with E-state index in [0.717, 1.165) is 46.7 Å². The average Bonchev–Trinajstić information content (AvgIpc) is 2.84. The van der Waals surface area contributed by atoms with Gasteiger partial charge in [0.1, 0.15) is 5.69 Å². The van der Waals surface area contributed by atoms with E-state index in [1.165, 1.54) is 6.07 Å². The number of anilines is 2. The Labute approximate surface area is 206 Å². The highest BCUT2D eigenvalue weighted by atomic mass is 19.4. The number of pyridine rings is 1. The van der Waals surface area contributed by atoms with Gasteiger partial charge in [0, 0.05) is 41.7 Å². The van der Waals surface area contributed by atoms with Crippen LogP contribution in [0.2, 0.25) is 0 Å². The maximum absolute atomic E-state index is 13.0. The molecule has 6 nitrogen and oxygen atoms in total. The second kappa shape index (κ2) is 8.90. The zero-order chi connectivity index (χ0) is 25.7. The third-order valence-electron chi connectivity index (χ3n) is 6.96. The van der Waals surface area contributed by atoms with Crippen LogP contribution < -0.4 is 10.2 Å². The maximum atomic E-state index is 13.0. The summed E-state index contributed by atoms with van der Waals surface area (Å²) in [6.45, 7) is 5.92. The first-order chi connectivity index (χ1) is 17.0. The molecule has 2 aliphatic rings. The summed E-state index contributed by atoms with van der Waals surface area (Å²) in [5, 5.41) is 13.5. The lowest BCUT2D eigenvalue weighted by Crippen LogP contribution is -2.58. The molecule has 2 aliphatic heterocycles. The zero-order valence-corrected chi connectivity index (χ0v) is 19.9. The van der Waals surface area contributed by atoms with E-state index in [4.69, 9.17) is 4.74 Å². The van der Waals surface area contributed by atoms with E-state index in [2.05, 4.69) is 22.1 Å². The lowest BCUT2D eigenvalue weighted by molar-refractivity contribution is -0.141. The molecule has 3 heterocycles. The molecular formula is C27H26F3N3O3. The first-order valence-corrected chi connectivity index (χ1v) is 11.7. The highest BCUT2D eigenvalue weighted by Gasteiger charge is 2.43. The van der Waals surface area contributed by atoms with Crippen LogP contribution in [0.3, 0.4) is 0 Å². The number of benzene rings is 2. The fourth-order valence-electron chi connectivity index (χ4n) is 5.07. The van der Waals surface area contributed by atoms with E-state index in [9.17, 15) is 23.1 Å². The summed E-state index contributed by atoms with van der Waals surface area (Å²) in [5.74, 6) is -0.657. The van der Waals surface area contributed by atoms with Crippen molar-refractivity contribution >= 4 is 17.3 Å². The number of fused-ring (bicyclic) bond motifs is 3. The smallest absolute Gasteiger partial charge is 0.388 e. The van der Waals surface area contributed by atoms with E-state index in [-0.39, 0.29) is 11.1 Å². The van der Waals surface area contributed by atoms with Crippen LogP contribution in [0.15, 0.2) is 54.7 Å². The number of nitrogens with zero attached hydrogens (tertiary/aromatic N) is 2. The molecule has 0 saturated carbocycles. The molecule has 2 N–H and O–H groups in total. The summed E-state index contributed by atoms with van der Waals surface area (Å²) < 4.78 is 44.7. The topological polar surface area (TPSA) is 74.7 Å². The number of carbonyl (C=O) groups is 1. The first kappa shape index (κ1) is 24.3. The third-order valence-corrected chi connectivity index (χ3v) is 6.96. The van der Waals surface area contributed by atoms with Crippen molar-refractivity contribution in [1.82, 2.24) is 4.98 Å². The number of hydrogen-bond acceptors (Lipinski definition) is 5. The molecule has 0 unspecified atom stereocenters. The monoisotopic (exact) mass is 497 g/mol. The Bertz CT molecular complexity index is 1330. The van der Waals surface area contributed by atoms with Gasteiger partial charge in [-0.2, -0.15) is 13.2 Å². The van der Waals surface area contributed by atoms with E-state index in [0.29, 0.717) is 25.3 Å². The standard InChI is InChI=1S/C27H26F3N3O3/c1-16-3-5-19(32-25(35)18-7-8-31-24(12-18)27(28,29)30)13-21(16)17-4-6-20-22(11-17)33-9-10-36-15-26(33,2)14-23(20)34/h3-8,11-13,23,34H,9-10,14-15H2,1-2H3,(H,32,35)/t23-,26+/m1/s1. The summed E-state index contributed by atoms with van der Waals surface area (Å²) in [6.07, 6.45) is -3.67. The van der Waals surface area contributed by atoms with Gasteiger partial charge in [0.25, 0.3) is 5.91 Å². The Morgan fingerprint density at radius 1 is 1.19 bits per heavy atom. The van der Waals surface area contributed by atoms with Gasteiger partial charge in [0.05, 0.1) is 24.9 Å². The number of hydrogen-bond donors (Lipinski definition) is 2. The Kier molecular flexibility index (Phi) is 6.00. The number of halogens is 3. The molecule has 9 heteroatoms. The van der Waals surface area contributed by atoms with Gasteiger partial charge in [-0.3, -0.25) is 9.78 Å². The van der Waals surface area contributed by atoms with Crippen molar-refractivity contribution in [2.45, 2.75) is 38.1 Å². The molecule has 2 aromatic carbocycles. The van der Waals surface area contributed by atoms with E-state index >= 15 is 0 Å². The molecule has 0 spiro atoms. The normalized spacial score (nSPS) is 21.5. The quantitative estimate of drug-likeness (QED) is 0.510. The predicted molar refractivity (Wildman–Crippen MR) is 130 cm³/mol. The Morgan fingerprint density at radius 2 is 2.00 bits per heavy atom. The summed E-state index contributed by atoms with van der Waals surface area (Å²) in [7, 11) is 0. The Balaban J connectivity index is 1.46. The number of aliphatic hydroxyl groups is 1. The summed E-state index contributed by atoms with van der Waals surface area (Å²) in [6, 6.07) is 13.3. The van der Waals surface area contributed by atoms with Gasteiger partial charge in [-0.1, -0.05) is 18.2 Å². The van der Waals surface area contributed by atoms with Crippen LogP contribution in [0.5, 0.6) is 0 Å². The molecule has 0 bridgehead atoms. The number of morpholine rings is 1. The second-order valence-corrected chi connectivity index (χ2v) is 9.61. The molecule has 1 saturated heterocycles. The third kappa shape index (κ3) is 4.44. The van der Waals surface area contributed by atoms with Gasteiger partial charge in [-0.15, -0.1) is 0 Å². The summed E-state index contributed by atoms with van der Waals surface area (Å²) in [5.41, 5.74) is 3.50. The van der Waals surface area contributed by atoms with Crippen molar-refractivity contribution < 1.29 is 27.8 Å². The highest BCUT2D eigenvalue weighted by Crippen LogP contribution is 2.45. The minimum absolute atomic E-state index is 0.131. The summed E-state index contributed by atoms with van der Waals surface area (Å²) >= 11 is 0. The van der Waals surface area contributed by atoms with Crippen LogP contribution in [0.25, 0.3) is 11.1 Å². The lowest BCUT2D eigenvalue weighted by atomic mass is 9.82. The van der Waals surface area contributed by atoms with Gasteiger partial charge >= 0.3 is 6.18 Å². The predicted octanol–water partition coefficient (Wildman–Crippen LogP) is 5.36. The number of rotatable bonds is 3. The number of aliphatic hydroxyl groups excluding tert-OH is 1. The number of nitrogens with one attached hydrogen (secondary N) is 1. The molecule has 2 atom stereocenters. The van der Waals surface area contributed by atoms with E-state index < -0.39 is 23.9 Å². The van der Waals surface area contributed by atoms with Gasteiger partial charge in [-0.05, 0) is 60.9 Å². The molecule has 36 heavy (non-hydrogen) atoms. The van der Waals surface area contributed by atoms with Gasteiger partial charge in [-0.25, -0.2) is 0 Å². The first-order valence-electron chi connectivity index (χ1n) is 11.7. The van der Waals surface area contributed by atoms with Crippen LogP contribution in [-0.4, -0.2) is 41.3 Å². The number of carbonyl (C=O) groups excluding carboxylic acids is 1. The molecule has 1 amide bonds. The number of amides is 1. The van der Waals surface area contributed by atoms with Crippen molar-refractivity contribution in [2.75, 3.05) is 30.0 Å². The van der Waals surface area contributed by atoms with Crippen molar-refractivity contribution in [3.05, 3.63) is 77.1 Å². The minimum Gasteiger partial charge on any atom is -0.388 e. The molecule has 0 radical (unpaired) electrons. The van der Waals surface area contributed by atoms with E-state index in [1.807, 2.05) is 31.2 Å². The molecule has 3 aromatic rings. The van der Waals surface area contributed by atoms with Crippen LogP contribution in [0.4, 0.5) is 24.5 Å². The van der Waals surface area contributed by atoms with Crippen LogP contribution in [-0.2, 0) is 10.9 Å². The van der Waals surface area contributed by atoms with Crippen LogP contribution in [0, 0.1) is 6.92 Å².